The Hall–Kier alpha value is -1.66. The quantitative estimate of drug-likeness (QED) is 0.832. The zero-order chi connectivity index (χ0) is 16.2. The van der Waals surface area contributed by atoms with E-state index in [4.69, 9.17) is 4.74 Å². The Bertz CT molecular complexity index is 520. The molecule has 3 rings (SSSR count). The second-order valence-corrected chi connectivity index (χ2v) is 6.62. The number of aromatic nitrogens is 1. The molecule has 0 bridgehead atoms. The largest absolute Gasteiger partial charge is 0.373 e. The molecule has 2 fully saturated rings. The lowest BCUT2D eigenvalue weighted by Gasteiger charge is -2.35. The molecule has 2 N–H and O–H groups in total. The molecule has 6 heteroatoms. The van der Waals surface area contributed by atoms with E-state index < -0.39 is 0 Å². The molecule has 1 amide bonds. The van der Waals surface area contributed by atoms with Crippen LogP contribution in [0.4, 0.5) is 5.82 Å². The van der Waals surface area contributed by atoms with Gasteiger partial charge in [-0.15, -0.1) is 0 Å². The average Bonchev–Trinajstić information content (AvgIpc) is 3.31. The SMILES string of the molecule is C[C@@H]1CN(CCNC(=O)c2ccc(NC3CC3)nc2)C[C@H](C)O1. The van der Waals surface area contributed by atoms with Crippen molar-refractivity contribution in [2.45, 2.75) is 44.9 Å². The van der Waals surface area contributed by atoms with Crippen molar-refractivity contribution in [3.63, 3.8) is 0 Å². The third kappa shape index (κ3) is 4.91. The molecule has 1 saturated carbocycles. The molecule has 1 aliphatic carbocycles. The lowest BCUT2D eigenvalue weighted by Crippen LogP contribution is -2.47. The molecule has 0 radical (unpaired) electrons. The first-order chi connectivity index (χ1) is 11.1. The third-order valence-electron chi connectivity index (χ3n) is 4.16. The maximum Gasteiger partial charge on any atom is 0.252 e. The third-order valence-corrected chi connectivity index (χ3v) is 4.16. The van der Waals surface area contributed by atoms with Crippen molar-refractivity contribution < 1.29 is 9.53 Å². The molecule has 1 saturated heterocycles. The average molecular weight is 318 g/mol. The van der Waals surface area contributed by atoms with E-state index in [-0.39, 0.29) is 18.1 Å². The van der Waals surface area contributed by atoms with E-state index in [1.54, 1.807) is 6.20 Å². The monoisotopic (exact) mass is 318 g/mol. The van der Waals surface area contributed by atoms with Gasteiger partial charge in [0.05, 0.1) is 17.8 Å². The number of amides is 1. The van der Waals surface area contributed by atoms with E-state index in [0.717, 1.165) is 25.5 Å². The van der Waals surface area contributed by atoms with Crippen molar-refractivity contribution in [3.8, 4) is 0 Å². The molecule has 6 nitrogen and oxygen atoms in total. The van der Waals surface area contributed by atoms with Crippen LogP contribution in [0.1, 0.15) is 37.0 Å². The van der Waals surface area contributed by atoms with Crippen molar-refractivity contribution >= 4 is 11.7 Å². The van der Waals surface area contributed by atoms with Crippen molar-refractivity contribution in [2.75, 3.05) is 31.5 Å². The smallest absolute Gasteiger partial charge is 0.252 e. The van der Waals surface area contributed by atoms with E-state index in [9.17, 15) is 4.79 Å². The number of anilines is 1. The number of pyridine rings is 1. The van der Waals surface area contributed by atoms with Gasteiger partial charge in [0.1, 0.15) is 5.82 Å². The highest BCUT2D eigenvalue weighted by molar-refractivity contribution is 5.94. The van der Waals surface area contributed by atoms with Crippen LogP contribution in [0.3, 0.4) is 0 Å². The highest BCUT2D eigenvalue weighted by atomic mass is 16.5. The first-order valence-electron chi connectivity index (χ1n) is 8.49. The molecule has 0 unspecified atom stereocenters. The summed E-state index contributed by atoms with van der Waals surface area (Å²) in [5, 5.41) is 6.28. The Morgan fingerprint density at radius 2 is 2.04 bits per heavy atom. The highest BCUT2D eigenvalue weighted by Gasteiger charge is 2.22. The maximum absolute atomic E-state index is 12.1. The van der Waals surface area contributed by atoms with Gasteiger partial charge in [-0.3, -0.25) is 9.69 Å². The van der Waals surface area contributed by atoms with Crippen LogP contribution in [0.25, 0.3) is 0 Å². The van der Waals surface area contributed by atoms with Crippen molar-refractivity contribution in [1.29, 1.82) is 0 Å². The van der Waals surface area contributed by atoms with Crippen LogP contribution >= 0.6 is 0 Å². The van der Waals surface area contributed by atoms with Crippen LogP contribution in [0, 0.1) is 0 Å². The molecule has 1 aliphatic heterocycles. The molecule has 2 aliphatic rings. The minimum absolute atomic E-state index is 0.0650. The fourth-order valence-corrected chi connectivity index (χ4v) is 2.95. The second-order valence-electron chi connectivity index (χ2n) is 6.62. The molecular weight excluding hydrogens is 292 g/mol. The van der Waals surface area contributed by atoms with Crippen LogP contribution in [-0.2, 0) is 4.74 Å². The Balaban J connectivity index is 1.41. The van der Waals surface area contributed by atoms with Gasteiger partial charge >= 0.3 is 0 Å². The van der Waals surface area contributed by atoms with E-state index in [1.807, 2.05) is 12.1 Å². The summed E-state index contributed by atoms with van der Waals surface area (Å²) in [6.07, 6.45) is 4.57. The Labute approximate surface area is 137 Å². The zero-order valence-electron chi connectivity index (χ0n) is 13.9. The number of carbonyl (C=O) groups is 1. The van der Waals surface area contributed by atoms with Gasteiger partial charge in [-0.05, 0) is 38.8 Å². The number of morpholine rings is 1. The number of rotatable bonds is 6. The second kappa shape index (κ2) is 7.27. The molecule has 1 aromatic rings. The van der Waals surface area contributed by atoms with Gasteiger partial charge in [-0.2, -0.15) is 0 Å². The standard InChI is InChI=1S/C17H26N4O2/c1-12-10-21(11-13(2)23-12)8-7-18-17(22)14-3-6-16(19-9-14)20-15-4-5-15/h3,6,9,12-13,15H,4-5,7-8,10-11H2,1-2H3,(H,18,22)(H,19,20)/t12-,13+. The van der Waals surface area contributed by atoms with E-state index in [2.05, 4.69) is 34.4 Å². The summed E-state index contributed by atoms with van der Waals surface area (Å²) in [4.78, 5) is 18.8. The summed E-state index contributed by atoms with van der Waals surface area (Å²) in [5.41, 5.74) is 0.607. The number of hydrogen-bond donors (Lipinski definition) is 2. The minimum atomic E-state index is -0.0650. The van der Waals surface area contributed by atoms with Gasteiger partial charge in [0.25, 0.3) is 5.91 Å². The van der Waals surface area contributed by atoms with Gasteiger partial charge in [0.2, 0.25) is 0 Å². The van der Waals surface area contributed by atoms with Gasteiger partial charge in [-0.1, -0.05) is 0 Å². The number of nitrogens with one attached hydrogen (secondary N) is 2. The Morgan fingerprint density at radius 1 is 1.30 bits per heavy atom. The molecule has 126 valence electrons. The van der Waals surface area contributed by atoms with Crippen LogP contribution < -0.4 is 10.6 Å². The van der Waals surface area contributed by atoms with Gasteiger partial charge in [0, 0.05) is 38.4 Å². The molecule has 2 atom stereocenters. The van der Waals surface area contributed by atoms with E-state index in [0.29, 0.717) is 18.2 Å². The Morgan fingerprint density at radius 3 is 2.65 bits per heavy atom. The van der Waals surface area contributed by atoms with Crippen molar-refractivity contribution in [2.24, 2.45) is 0 Å². The zero-order valence-corrected chi connectivity index (χ0v) is 13.9. The number of ether oxygens (including phenoxy) is 1. The maximum atomic E-state index is 12.1. The minimum Gasteiger partial charge on any atom is -0.373 e. The van der Waals surface area contributed by atoms with E-state index >= 15 is 0 Å². The summed E-state index contributed by atoms with van der Waals surface area (Å²) in [6, 6.07) is 4.27. The van der Waals surface area contributed by atoms with Gasteiger partial charge in [0.15, 0.2) is 0 Å². The van der Waals surface area contributed by atoms with Gasteiger partial charge in [-0.25, -0.2) is 4.98 Å². The van der Waals surface area contributed by atoms with E-state index in [1.165, 1.54) is 12.8 Å². The molecule has 0 aromatic carbocycles. The lowest BCUT2D eigenvalue weighted by atomic mass is 10.2. The molecule has 1 aromatic heterocycles. The first kappa shape index (κ1) is 16.2. The predicted octanol–water partition coefficient (Wildman–Crippen LogP) is 1.49. The predicted molar refractivity (Wildman–Crippen MR) is 89.7 cm³/mol. The lowest BCUT2D eigenvalue weighted by molar-refractivity contribution is -0.0672. The summed E-state index contributed by atoms with van der Waals surface area (Å²) in [6.45, 7) is 7.50. The topological polar surface area (TPSA) is 66.5 Å². The summed E-state index contributed by atoms with van der Waals surface area (Å²) in [5.74, 6) is 0.783. The van der Waals surface area contributed by atoms with Gasteiger partial charge < -0.3 is 15.4 Å². The van der Waals surface area contributed by atoms with Crippen LogP contribution in [0.5, 0.6) is 0 Å². The number of nitrogens with zero attached hydrogens (tertiary/aromatic N) is 2. The molecule has 0 spiro atoms. The normalized spacial score (nSPS) is 25.1. The summed E-state index contributed by atoms with van der Waals surface area (Å²) < 4.78 is 5.71. The van der Waals surface area contributed by atoms with Crippen LogP contribution in [0.15, 0.2) is 18.3 Å². The van der Waals surface area contributed by atoms with Crippen molar-refractivity contribution in [1.82, 2.24) is 15.2 Å². The highest BCUT2D eigenvalue weighted by Crippen LogP contribution is 2.23. The fraction of sp³-hybridized carbons (Fsp3) is 0.647. The van der Waals surface area contributed by atoms with Crippen LogP contribution in [-0.4, -0.2) is 60.2 Å². The number of carbonyl (C=O) groups excluding carboxylic acids is 1. The molecule has 2 heterocycles. The van der Waals surface area contributed by atoms with Crippen molar-refractivity contribution in [3.05, 3.63) is 23.9 Å². The summed E-state index contributed by atoms with van der Waals surface area (Å²) >= 11 is 0. The first-order valence-corrected chi connectivity index (χ1v) is 8.49. The number of hydrogen-bond acceptors (Lipinski definition) is 5. The fourth-order valence-electron chi connectivity index (χ4n) is 2.95. The molecule has 23 heavy (non-hydrogen) atoms. The molecular formula is C17H26N4O2. The summed E-state index contributed by atoms with van der Waals surface area (Å²) in [7, 11) is 0. The van der Waals surface area contributed by atoms with Crippen LogP contribution in [0.2, 0.25) is 0 Å². The Kier molecular flexibility index (Phi) is 5.13.